The van der Waals surface area contributed by atoms with Gasteiger partial charge < -0.3 is 14.6 Å². The number of aromatic carboxylic acids is 1. The summed E-state index contributed by atoms with van der Waals surface area (Å²) in [6.45, 7) is 1.65. The van der Waals surface area contributed by atoms with Gasteiger partial charge in [0.2, 0.25) is 6.54 Å². The molecule has 2 rings (SSSR count). The summed E-state index contributed by atoms with van der Waals surface area (Å²) in [5.74, 6) is -1.19. The van der Waals surface area contributed by atoms with E-state index in [-0.39, 0.29) is 24.5 Å². The van der Waals surface area contributed by atoms with Crippen LogP contribution in [0.3, 0.4) is 0 Å². The number of benzene rings is 1. The van der Waals surface area contributed by atoms with Gasteiger partial charge in [0.1, 0.15) is 5.75 Å². The number of hydrogen-bond donors (Lipinski definition) is 2. The molecule has 0 aliphatic rings. The number of aromatic nitrogens is 3. The number of hydrogen-bond acceptors (Lipinski definition) is 5. The molecular weight excluding hydrogens is 290 g/mol. The quantitative estimate of drug-likeness (QED) is 0.593. The highest BCUT2D eigenvalue weighted by atomic mass is 16.5. The van der Waals surface area contributed by atoms with Crippen LogP contribution in [-0.4, -0.2) is 34.5 Å². The average Bonchev–Trinajstić information content (AvgIpc) is 2.89. The van der Waals surface area contributed by atoms with Gasteiger partial charge in [-0.15, -0.1) is 4.68 Å². The van der Waals surface area contributed by atoms with Crippen LogP contribution in [0.2, 0.25) is 0 Å². The van der Waals surface area contributed by atoms with Crippen molar-refractivity contribution in [3.8, 4) is 5.75 Å². The SMILES string of the molecule is COC(=O)C[n+]1[nH]nc(COc2ccc(C)cc2)c1C(=O)O. The lowest BCUT2D eigenvalue weighted by molar-refractivity contribution is -0.745. The second-order valence-electron chi connectivity index (χ2n) is 4.58. The second kappa shape index (κ2) is 6.70. The lowest BCUT2D eigenvalue weighted by atomic mass is 10.2. The zero-order chi connectivity index (χ0) is 16.1. The van der Waals surface area contributed by atoms with E-state index in [1.807, 2.05) is 19.1 Å². The molecule has 0 fully saturated rings. The number of carbonyl (C=O) groups excluding carboxylic acids is 1. The summed E-state index contributed by atoms with van der Waals surface area (Å²) in [5.41, 5.74) is 1.14. The van der Waals surface area contributed by atoms with Gasteiger partial charge >= 0.3 is 11.9 Å². The fourth-order valence-electron chi connectivity index (χ4n) is 1.81. The molecule has 116 valence electrons. The molecule has 0 aliphatic heterocycles. The molecule has 22 heavy (non-hydrogen) atoms. The lowest BCUT2D eigenvalue weighted by Gasteiger charge is -2.03. The summed E-state index contributed by atoms with van der Waals surface area (Å²) < 4.78 is 11.1. The third-order valence-corrected chi connectivity index (χ3v) is 2.96. The Labute approximate surface area is 126 Å². The Kier molecular flexibility index (Phi) is 4.72. The monoisotopic (exact) mass is 306 g/mol. The predicted octanol–water partition coefficient (Wildman–Crippen LogP) is 0.456. The molecule has 8 nitrogen and oxygen atoms in total. The number of nitrogens with zero attached hydrogens (tertiary/aromatic N) is 2. The van der Waals surface area contributed by atoms with E-state index in [4.69, 9.17) is 4.74 Å². The van der Waals surface area contributed by atoms with Crippen LogP contribution < -0.4 is 9.42 Å². The largest absolute Gasteiger partial charge is 0.485 e. The van der Waals surface area contributed by atoms with Gasteiger partial charge in [0.25, 0.3) is 11.4 Å². The highest BCUT2D eigenvalue weighted by Crippen LogP contribution is 2.13. The number of H-pyrrole nitrogens is 1. The van der Waals surface area contributed by atoms with E-state index in [1.165, 1.54) is 7.11 Å². The van der Waals surface area contributed by atoms with E-state index < -0.39 is 11.9 Å². The molecule has 2 N–H and O–H groups in total. The van der Waals surface area contributed by atoms with E-state index in [0.29, 0.717) is 5.75 Å². The number of aryl methyl sites for hydroxylation is 1. The van der Waals surface area contributed by atoms with Crippen LogP contribution in [0.25, 0.3) is 0 Å². The Hall–Kier alpha value is -2.90. The molecule has 1 aromatic heterocycles. The lowest BCUT2D eigenvalue weighted by Crippen LogP contribution is -2.45. The minimum atomic E-state index is -1.21. The molecular formula is C14H16N3O5+. The standard InChI is InChI=1S/C14H15N3O5/c1-9-3-5-10(6-4-9)22-8-11-13(14(19)20)17(16-15-11)7-12(18)21-2/h3-6H,7-8H2,1-2H3,(H,19,20)/p+1. The van der Waals surface area contributed by atoms with Crippen molar-refractivity contribution >= 4 is 11.9 Å². The summed E-state index contributed by atoms with van der Waals surface area (Å²) in [5, 5.41) is 15.6. The molecule has 0 amide bonds. The Morgan fingerprint density at radius 2 is 2.00 bits per heavy atom. The van der Waals surface area contributed by atoms with Crippen molar-refractivity contribution in [1.29, 1.82) is 0 Å². The van der Waals surface area contributed by atoms with Gasteiger partial charge in [-0.2, -0.15) is 0 Å². The first-order valence-electron chi connectivity index (χ1n) is 6.48. The first kappa shape index (κ1) is 15.5. The van der Waals surface area contributed by atoms with Crippen molar-refractivity contribution in [3.05, 3.63) is 41.2 Å². The molecule has 0 aliphatic carbocycles. The predicted molar refractivity (Wildman–Crippen MR) is 73.3 cm³/mol. The number of ether oxygens (including phenoxy) is 2. The van der Waals surface area contributed by atoms with Crippen LogP contribution >= 0.6 is 0 Å². The van der Waals surface area contributed by atoms with Crippen LogP contribution in [0, 0.1) is 6.92 Å². The first-order valence-corrected chi connectivity index (χ1v) is 6.48. The van der Waals surface area contributed by atoms with Gasteiger partial charge in [-0.05, 0) is 19.1 Å². The molecule has 0 atom stereocenters. The second-order valence-corrected chi connectivity index (χ2v) is 4.58. The Morgan fingerprint density at radius 1 is 1.32 bits per heavy atom. The van der Waals surface area contributed by atoms with Crippen LogP contribution in [0.4, 0.5) is 0 Å². The third-order valence-electron chi connectivity index (χ3n) is 2.96. The van der Waals surface area contributed by atoms with Gasteiger partial charge in [0.15, 0.2) is 6.61 Å². The molecule has 0 saturated heterocycles. The minimum Gasteiger partial charge on any atom is -0.485 e. The molecule has 0 bridgehead atoms. The molecule has 0 radical (unpaired) electrons. The average molecular weight is 306 g/mol. The van der Waals surface area contributed by atoms with Crippen LogP contribution in [0.5, 0.6) is 5.75 Å². The smallest absolute Gasteiger partial charge is 0.382 e. The molecule has 0 saturated carbocycles. The van der Waals surface area contributed by atoms with Gasteiger partial charge in [0, 0.05) is 5.10 Å². The topological polar surface area (TPSA) is 105 Å². The highest BCUT2D eigenvalue weighted by molar-refractivity contribution is 5.85. The number of carboxylic acid groups (broad SMARTS) is 1. The summed E-state index contributed by atoms with van der Waals surface area (Å²) in [6.07, 6.45) is 0. The van der Waals surface area contributed by atoms with E-state index >= 15 is 0 Å². The fourth-order valence-corrected chi connectivity index (χ4v) is 1.81. The summed E-state index contributed by atoms with van der Waals surface area (Å²) >= 11 is 0. The van der Waals surface area contributed by atoms with Gasteiger partial charge in [-0.1, -0.05) is 22.9 Å². The number of esters is 1. The number of rotatable bonds is 6. The van der Waals surface area contributed by atoms with Crippen molar-refractivity contribution in [3.63, 3.8) is 0 Å². The van der Waals surface area contributed by atoms with E-state index in [1.54, 1.807) is 12.1 Å². The van der Waals surface area contributed by atoms with E-state index in [9.17, 15) is 14.7 Å². The Morgan fingerprint density at radius 3 is 2.59 bits per heavy atom. The van der Waals surface area contributed by atoms with Crippen molar-refractivity contribution in [2.75, 3.05) is 7.11 Å². The van der Waals surface area contributed by atoms with Crippen molar-refractivity contribution in [1.82, 2.24) is 10.3 Å². The number of methoxy groups -OCH3 is 1. The summed E-state index contributed by atoms with van der Waals surface area (Å²) in [6, 6.07) is 7.33. The maximum absolute atomic E-state index is 11.3. The van der Waals surface area contributed by atoms with Gasteiger partial charge in [-0.3, -0.25) is 0 Å². The minimum absolute atomic E-state index is 0.0324. The zero-order valence-corrected chi connectivity index (χ0v) is 12.2. The van der Waals surface area contributed by atoms with Crippen LogP contribution in [0.15, 0.2) is 24.3 Å². The van der Waals surface area contributed by atoms with Gasteiger partial charge in [-0.25, -0.2) is 9.59 Å². The van der Waals surface area contributed by atoms with Crippen molar-refractivity contribution in [2.45, 2.75) is 20.1 Å². The number of aromatic amines is 1. The molecule has 0 spiro atoms. The first-order chi connectivity index (χ1) is 10.5. The molecule has 2 aromatic rings. The van der Waals surface area contributed by atoms with Crippen molar-refractivity contribution < 1.29 is 28.9 Å². The van der Waals surface area contributed by atoms with Crippen LogP contribution in [0.1, 0.15) is 21.7 Å². The molecule has 8 heteroatoms. The van der Waals surface area contributed by atoms with E-state index in [2.05, 4.69) is 15.0 Å². The number of carboxylic acids is 1. The molecule has 1 aromatic carbocycles. The van der Waals surface area contributed by atoms with Crippen molar-refractivity contribution in [2.24, 2.45) is 0 Å². The Bertz CT molecular complexity index is 678. The highest BCUT2D eigenvalue weighted by Gasteiger charge is 2.29. The molecule has 0 unspecified atom stereocenters. The fraction of sp³-hybridized carbons (Fsp3) is 0.286. The third kappa shape index (κ3) is 3.60. The summed E-state index contributed by atoms with van der Waals surface area (Å²) in [7, 11) is 1.22. The normalized spacial score (nSPS) is 10.3. The number of nitrogens with one attached hydrogen (secondary N) is 1. The maximum Gasteiger partial charge on any atom is 0.382 e. The Balaban J connectivity index is 2.15. The molecule has 1 heterocycles. The maximum atomic E-state index is 11.3. The van der Waals surface area contributed by atoms with Gasteiger partial charge in [0.05, 0.1) is 7.11 Å². The van der Waals surface area contributed by atoms with E-state index in [0.717, 1.165) is 10.2 Å². The zero-order valence-electron chi connectivity index (χ0n) is 12.2. The number of carbonyl (C=O) groups is 2. The summed E-state index contributed by atoms with van der Waals surface area (Å²) in [4.78, 5) is 22.6. The van der Waals surface area contributed by atoms with Crippen LogP contribution in [-0.2, 0) is 22.7 Å².